The summed E-state index contributed by atoms with van der Waals surface area (Å²) in [6.07, 6.45) is 1.07. The first-order valence-electron chi connectivity index (χ1n) is 7.11. The van der Waals surface area contributed by atoms with E-state index in [1.54, 1.807) is 0 Å². The SMILES string of the molecule is CCc1ccc(C(C)Nc2cc3c(cc2Cl)OCCO3)s1. The number of aryl methyl sites for hydroxylation is 1. The molecule has 0 saturated carbocycles. The Kier molecular flexibility index (Phi) is 4.27. The second kappa shape index (κ2) is 6.16. The minimum atomic E-state index is 0.204. The fourth-order valence-electron chi connectivity index (χ4n) is 2.30. The average Bonchev–Trinajstić information content (AvgIpc) is 2.97. The highest BCUT2D eigenvalue weighted by Gasteiger charge is 2.17. The van der Waals surface area contributed by atoms with Gasteiger partial charge in [0.1, 0.15) is 13.2 Å². The molecule has 0 amide bonds. The van der Waals surface area contributed by atoms with Crippen molar-refractivity contribution in [2.45, 2.75) is 26.3 Å². The predicted molar refractivity (Wildman–Crippen MR) is 88.2 cm³/mol. The van der Waals surface area contributed by atoms with E-state index < -0.39 is 0 Å². The molecule has 1 unspecified atom stereocenters. The van der Waals surface area contributed by atoms with E-state index in [0.29, 0.717) is 24.0 Å². The quantitative estimate of drug-likeness (QED) is 0.867. The van der Waals surface area contributed by atoms with E-state index in [9.17, 15) is 0 Å². The maximum atomic E-state index is 6.33. The molecule has 1 aliphatic heterocycles. The number of thiophene rings is 1. The van der Waals surface area contributed by atoms with Crippen LogP contribution in [0, 0.1) is 0 Å². The Morgan fingerprint density at radius 1 is 1.24 bits per heavy atom. The van der Waals surface area contributed by atoms with Crippen molar-refractivity contribution in [1.29, 1.82) is 0 Å². The lowest BCUT2D eigenvalue weighted by molar-refractivity contribution is 0.171. The van der Waals surface area contributed by atoms with Crippen LogP contribution in [0.3, 0.4) is 0 Å². The van der Waals surface area contributed by atoms with Crippen molar-refractivity contribution in [2.24, 2.45) is 0 Å². The monoisotopic (exact) mass is 323 g/mol. The van der Waals surface area contributed by atoms with Gasteiger partial charge in [-0.3, -0.25) is 0 Å². The summed E-state index contributed by atoms with van der Waals surface area (Å²) in [5, 5.41) is 4.11. The number of benzene rings is 1. The molecule has 1 aliphatic rings. The standard InChI is InChI=1S/C16H18ClNO2S/c1-3-11-4-5-16(21-11)10(2)18-13-9-15-14(8-12(13)17)19-6-7-20-15/h4-5,8-10,18H,3,6-7H2,1-2H3. The van der Waals surface area contributed by atoms with Crippen LogP contribution in [0.5, 0.6) is 11.5 Å². The number of hydrogen-bond donors (Lipinski definition) is 1. The van der Waals surface area contributed by atoms with Gasteiger partial charge < -0.3 is 14.8 Å². The van der Waals surface area contributed by atoms with E-state index >= 15 is 0 Å². The third-order valence-electron chi connectivity index (χ3n) is 3.46. The average molecular weight is 324 g/mol. The molecule has 5 heteroatoms. The minimum absolute atomic E-state index is 0.204. The fourth-order valence-corrected chi connectivity index (χ4v) is 3.46. The van der Waals surface area contributed by atoms with Crippen LogP contribution >= 0.6 is 22.9 Å². The van der Waals surface area contributed by atoms with E-state index in [2.05, 4.69) is 31.3 Å². The lowest BCUT2D eigenvalue weighted by atomic mass is 10.2. The summed E-state index contributed by atoms with van der Waals surface area (Å²) in [7, 11) is 0. The van der Waals surface area contributed by atoms with Crippen molar-refractivity contribution in [3.63, 3.8) is 0 Å². The van der Waals surface area contributed by atoms with Crippen molar-refractivity contribution in [2.75, 3.05) is 18.5 Å². The third-order valence-corrected chi connectivity index (χ3v) is 5.19. The molecular weight excluding hydrogens is 306 g/mol. The summed E-state index contributed by atoms with van der Waals surface area (Å²) in [4.78, 5) is 2.70. The van der Waals surface area contributed by atoms with Crippen LogP contribution < -0.4 is 14.8 Å². The van der Waals surface area contributed by atoms with Crippen LogP contribution in [0.1, 0.15) is 29.6 Å². The Morgan fingerprint density at radius 2 is 1.95 bits per heavy atom. The zero-order chi connectivity index (χ0) is 14.8. The van der Waals surface area contributed by atoms with E-state index in [-0.39, 0.29) is 6.04 Å². The first kappa shape index (κ1) is 14.5. The van der Waals surface area contributed by atoms with Gasteiger partial charge in [0.2, 0.25) is 0 Å². The number of hydrogen-bond acceptors (Lipinski definition) is 4. The minimum Gasteiger partial charge on any atom is -0.486 e. The second-order valence-electron chi connectivity index (χ2n) is 5.00. The molecule has 112 valence electrons. The summed E-state index contributed by atoms with van der Waals surface area (Å²) in [5.41, 5.74) is 0.875. The van der Waals surface area contributed by atoms with Crippen molar-refractivity contribution in [1.82, 2.24) is 0 Å². The maximum absolute atomic E-state index is 6.33. The molecule has 0 radical (unpaired) electrons. The van der Waals surface area contributed by atoms with Gasteiger partial charge in [-0.05, 0) is 25.5 Å². The van der Waals surface area contributed by atoms with Gasteiger partial charge in [-0.15, -0.1) is 11.3 Å². The summed E-state index contributed by atoms with van der Waals surface area (Å²) >= 11 is 8.16. The van der Waals surface area contributed by atoms with Crippen LogP contribution in [-0.2, 0) is 6.42 Å². The first-order valence-corrected chi connectivity index (χ1v) is 8.31. The first-order chi connectivity index (χ1) is 10.2. The van der Waals surface area contributed by atoms with Gasteiger partial charge in [0.25, 0.3) is 0 Å². The third kappa shape index (κ3) is 3.11. The number of ether oxygens (including phenoxy) is 2. The van der Waals surface area contributed by atoms with E-state index in [4.69, 9.17) is 21.1 Å². The molecule has 0 fully saturated rings. The Labute approximate surface area is 133 Å². The van der Waals surface area contributed by atoms with Crippen molar-refractivity contribution in [3.8, 4) is 11.5 Å². The lowest BCUT2D eigenvalue weighted by Crippen LogP contribution is -2.16. The molecule has 21 heavy (non-hydrogen) atoms. The zero-order valence-corrected chi connectivity index (χ0v) is 13.7. The van der Waals surface area contributed by atoms with Gasteiger partial charge in [-0.25, -0.2) is 0 Å². The predicted octanol–water partition coefficient (Wildman–Crippen LogP) is 4.91. The van der Waals surface area contributed by atoms with Gasteiger partial charge in [-0.2, -0.15) is 0 Å². The molecular formula is C16H18ClNO2S. The molecule has 1 N–H and O–H groups in total. The summed E-state index contributed by atoms with van der Waals surface area (Å²) in [6.45, 7) is 5.46. The fraction of sp³-hybridized carbons (Fsp3) is 0.375. The van der Waals surface area contributed by atoms with E-state index in [0.717, 1.165) is 17.9 Å². The molecule has 2 aromatic rings. The van der Waals surface area contributed by atoms with Gasteiger partial charge in [0, 0.05) is 21.9 Å². The molecule has 0 saturated heterocycles. The summed E-state index contributed by atoms with van der Waals surface area (Å²) < 4.78 is 11.1. The summed E-state index contributed by atoms with van der Waals surface area (Å²) in [6, 6.07) is 8.30. The van der Waals surface area contributed by atoms with Crippen molar-refractivity contribution < 1.29 is 9.47 Å². The topological polar surface area (TPSA) is 30.5 Å². The Balaban J connectivity index is 1.80. The van der Waals surface area contributed by atoms with Gasteiger partial charge >= 0.3 is 0 Å². The number of halogens is 1. The highest BCUT2D eigenvalue weighted by molar-refractivity contribution is 7.12. The van der Waals surface area contributed by atoms with Crippen LogP contribution in [-0.4, -0.2) is 13.2 Å². The number of fused-ring (bicyclic) bond motifs is 1. The smallest absolute Gasteiger partial charge is 0.163 e. The lowest BCUT2D eigenvalue weighted by Gasteiger charge is -2.21. The Morgan fingerprint density at radius 3 is 2.62 bits per heavy atom. The molecule has 1 aromatic carbocycles. The second-order valence-corrected chi connectivity index (χ2v) is 6.61. The van der Waals surface area contributed by atoms with E-state index in [1.165, 1.54) is 9.75 Å². The summed E-state index contributed by atoms with van der Waals surface area (Å²) in [5.74, 6) is 1.47. The molecule has 2 heterocycles. The molecule has 0 bridgehead atoms. The maximum Gasteiger partial charge on any atom is 0.163 e. The van der Waals surface area contributed by atoms with Gasteiger partial charge in [0.15, 0.2) is 11.5 Å². The van der Waals surface area contributed by atoms with Crippen LogP contribution in [0.4, 0.5) is 5.69 Å². The van der Waals surface area contributed by atoms with Crippen LogP contribution in [0.2, 0.25) is 5.02 Å². The van der Waals surface area contributed by atoms with Crippen molar-refractivity contribution in [3.05, 3.63) is 39.0 Å². The molecule has 3 rings (SSSR count). The zero-order valence-electron chi connectivity index (χ0n) is 12.1. The van der Waals surface area contributed by atoms with Gasteiger partial charge in [-0.1, -0.05) is 18.5 Å². The van der Waals surface area contributed by atoms with Gasteiger partial charge in [0.05, 0.1) is 16.8 Å². The van der Waals surface area contributed by atoms with E-state index in [1.807, 2.05) is 23.5 Å². The highest BCUT2D eigenvalue weighted by Crippen LogP contribution is 2.39. The molecule has 3 nitrogen and oxygen atoms in total. The largest absolute Gasteiger partial charge is 0.486 e. The molecule has 1 atom stereocenters. The van der Waals surface area contributed by atoms with Crippen molar-refractivity contribution >= 4 is 28.6 Å². The molecule has 0 aliphatic carbocycles. The normalized spacial score (nSPS) is 14.8. The Bertz CT molecular complexity index is 641. The molecule has 1 aromatic heterocycles. The number of nitrogens with one attached hydrogen (secondary N) is 1. The highest BCUT2D eigenvalue weighted by atomic mass is 35.5. The Hall–Kier alpha value is -1.39. The number of anilines is 1. The number of rotatable bonds is 4. The van der Waals surface area contributed by atoms with Crippen LogP contribution in [0.15, 0.2) is 24.3 Å². The molecule has 0 spiro atoms. The van der Waals surface area contributed by atoms with Crippen LogP contribution in [0.25, 0.3) is 0 Å².